The Hall–Kier alpha value is -10.7. The molecule has 370 valence electrons. The molecule has 13 rings (SSSR count). The summed E-state index contributed by atoms with van der Waals surface area (Å²) in [5, 5.41) is 4.42. The van der Waals surface area contributed by atoms with Crippen LogP contribution in [0.15, 0.2) is 304 Å². The Bertz CT molecular complexity index is 3670. The Morgan fingerprint density at radius 3 is 0.667 bits per heavy atom. The van der Waals surface area contributed by atoms with Crippen LogP contribution in [0.25, 0.3) is 43.8 Å². The molecule has 0 aliphatic rings. The number of hydrogen-bond donors (Lipinski definition) is 0. The fourth-order valence-electron chi connectivity index (χ4n) is 10.7. The van der Waals surface area contributed by atoms with Gasteiger partial charge in [0.15, 0.2) is 0 Å². The molecular formula is C70H50N8. The molecule has 0 aliphatic heterocycles. The van der Waals surface area contributed by atoms with Gasteiger partial charge in [-0.15, -0.1) is 0 Å². The first kappa shape index (κ1) is 47.0. The Kier molecular flexibility index (Phi) is 12.8. The van der Waals surface area contributed by atoms with Crippen LogP contribution in [0.2, 0.25) is 0 Å². The molecule has 4 aromatic heterocycles. The first-order valence-corrected chi connectivity index (χ1v) is 26.0. The number of benzene rings is 9. The lowest BCUT2D eigenvalue weighted by molar-refractivity contribution is 1.22. The predicted octanol–water partition coefficient (Wildman–Crippen LogP) is 18.8. The van der Waals surface area contributed by atoms with Gasteiger partial charge in [0.1, 0.15) is 0 Å². The molecule has 0 saturated heterocycles. The summed E-state index contributed by atoms with van der Waals surface area (Å²) >= 11 is 0. The molecule has 0 aliphatic carbocycles. The van der Waals surface area contributed by atoms with Gasteiger partial charge < -0.3 is 19.6 Å². The number of aromatic nitrogens is 4. The lowest BCUT2D eigenvalue weighted by Crippen LogP contribution is -2.11. The number of fused-ring (bicyclic) bond motifs is 2. The highest BCUT2D eigenvalue weighted by Gasteiger charge is 2.24. The number of para-hydroxylation sites is 4. The topological polar surface area (TPSA) is 64.5 Å². The third-order valence-corrected chi connectivity index (χ3v) is 14.2. The Morgan fingerprint density at radius 2 is 0.397 bits per heavy atom. The Balaban J connectivity index is 1.08. The molecule has 13 aromatic rings. The van der Waals surface area contributed by atoms with Crippen LogP contribution in [0.5, 0.6) is 0 Å². The third-order valence-electron chi connectivity index (χ3n) is 14.2. The van der Waals surface area contributed by atoms with Crippen LogP contribution in [-0.2, 0) is 0 Å². The van der Waals surface area contributed by atoms with Crippen molar-refractivity contribution in [2.45, 2.75) is 0 Å². The molecule has 4 heterocycles. The minimum absolute atomic E-state index is 0.985. The maximum Gasteiger partial charge on any atom is 0.0492 e. The molecule has 8 heteroatoms. The van der Waals surface area contributed by atoms with E-state index in [9.17, 15) is 0 Å². The molecule has 78 heavy (non-hydrogen) atoms. The molecule has 8 nitrogen and oxygen atoms in total. The van der Waals surface area contributed by atoms with Crippen molar-refractivity contribution in [3.63, 3.8) is 0 Å². The van der Waals surface area contributed by atoms with Crippen LogP contribution in [0, 0.1) is 0 Å². The average Bonchev–Trinajstić information content (AvgIpc) is 3.71. The zero-order valence-corrected chi connectivity index (χ0v) is 42.4. The van der Waals surface area contributed by atoms with Gasteiger partial charge in [-0.2, -0.15) is 0 Å². The van der Waals surface area contributed by atoms with Crippen molar-refractivity contribution < 1.29 is 0 Å². The van der Waals surface area contributed by atoms with E-state index in [2.05, 4.69) is 294 Å². The van der Waals surface area contributed by atoms with Gasteiger partial charge in [0.05, 0.1) is 0 Å². The van der Waals surface area contributed by atoms with E-state index < -0.39 is 0 Å². The second-order valence-electron chi connectivity index (χ2n) is 18.8. The summed E-state index contributed by atoms with van der Waals surface area (Å²) in [4.78, 5) is 26.8. The number of pyridine rings is 4. The standard InChI is InChI=1S/C70H50N8/c1-5-13-53(14-6-1)75(54-15-7-2-8-16-54)57-25-21-51(22-26-57)69-65-31-29-64(78(61-37-45-73-46-38-61)62-39-47-74-48-40-62)50-68(65)70(52-23-27-58(28-24-52)76(55-17-9-3-10-18-55)56-19-11-4-12-20-56)66-32-30-63(49-67(66)69)77(59-33-41-71-42-34-59)60-35-43-72-44-36-60/h1-50H. The third kappa shape index (κ3) is 9.20. The summed E-state index contributed by atoms with van der Waals surface area (Å²) in [7, 11) is 0. The maximum atomic E-state index is 4.41. The fourth-order valence-corrected chi connectivity index (χ4v) is 10.7. The average molecular weight is 1000 g/mol. The summed E-state index contributed by atoms with van der Waals surface area (Å²) in [6, 6.07) is 90.6. The van der Waals surface area contributed by atoms with Crippen LogP contribution in [0.1, 0.15) is 0 Å². The minimum atomic E-state index is 0.985. The summed E-state index contributed by atoms with van der Waals surface area (Å²) in [6.07, 6.45) is 14.8. The highest BCUT2D eigenvalue weighted by Crippen LogP contribution is 2.49. The van der Waals surface area contributed by atoms with Crippen molar-refractivity contribution in [2.75, 3.05) is 19.6 Å². The van der Waals surface area contributed by atoms with Crippen molar-refractivity contribution in [3.05, 3.63) is 304 Å². The van der Waals surface area contributed by atoms with E-state index in [1.807, 2.05) is 49.6 Å². The highest BCUT2D eigenvalue weighted by molar-refractivity contribution is 6.23. The Labute approximate surface area is 453 Å². The van der Waals surface area contributed by atoms with Gasteiger partial charge >= 0.3 is 0 Å². The van der Waals surface area contributed by atoms with Crippen LogP contribution >= 0.6 is 0 Å². The van der Waals surface area contributed by atoms with Gasteiger partial charge in [-0.1, -0.05) is 109 Å². The molecule has 0 N–H and O–H groups in total. The molecule has 0 amide bonds. The monoisotopic (exact) mass is 1000 g/mol. The quantitative estimate of drug-likeness (QED) is 0.0999. The first-order chi connectivity index (χ1) is 38.7. The van der Waals surface area contributed by atoms with E-state index in [1.165, 1.54) is 0 Å². The van der Waals surface area contributed by atoms with Crippen molar-refractivity contribution in [1.29, 1.82) is 0 Å². The normalized spacial score (nSPS) is 11.1. The second-order valence-corrected chi connectivity index (χ2v) is 18.8. The van der Waals surface area contributed by atoms with Crippen LogP contribution in [0.4, 0.5) is 68.2 Å². The highest BCUT2D eigenvalue weighted by atomic mass is 15.2. The van der Waals surface area contributed by atoms with Gasteiger partial charge in [-0.3, -0.25) is 19.9 Å². The maximum absolute atomic E-state index is 4.41. The molecule has 0 spiro atoms. The summed E-state index contributed by atoms with van der Waals surface area (Å²) in [5.74, 6) is 0. The summed E-state index contributed by atoms with van der Waals surface area (Å²) in [5.41, 5.74) is 16.8. The summed E-state index contributed by atoms with van der Waals surface area (Å²) in [6.45, 7) is 0. The van der Waals surface area contributed by atoms with E-state index in [0.717, 1.165) is 112 Å². The lowest BCUT2D eigenvalue weighted by Gasteiger charge is -2.28. The smallest absolute Gasteiger partial charge is 0.0492 e. The Morgan fingerprint density at radius 1 is 0.179 bits per heavy atom. The number of rotatable bonds is 14. The molecular weight excluding hydrogens is 953 g/mol. The number of hydrogen-bond acceptors (Lipinski definition) is 8. The fraction of sp³-hybridized carbons (Fsp3) is 0. The van der Waals surface area contributed by atoms with E-state index >= 15 is 0 Å². The number of nitrogens with zero attached hydrogens (tertiary/aromatic N) is 8. The van der Waals surface area contributed by atoms with Gasteiger partial charge in [0.2, 0.25) is 0 Å². The van der Waals surface area contributed by atoms with E-state index in [4.69, 9.17) is 0 Å². The minimum Gasteiger partial charge on any atom is -0.311 e. The number of anilines is 12. The van der Waals surface area contributed by atoms with Gasteiger partial charge in [0.25, 0.3) is 0 Å². The first-order valence-electron chi connectivity index (χ1n) is 26.0. The van der Waals surface area contributed by atoms with Crippen molar-refractivity contribution in [3.8, 4) is 22.3 Å². The van der Waals surface area contributed by atoms with Crippen molar-refractivity contribution >= 4 is 89.8 Å². The van der Waals surface area contributed by atoms with Crippen LogP contribution in [0.3, 0.4) is 0 Å². The van der Waals surface area contributed by atoms with E-state index in [0.29, 0.717) is 0 Å². The molecule has 0 saturated carbocycles. The van der Waals surface area contributed by atoms with E-state index in [-0.39, 0.29) is 0 Å². The lowest BCUT2D eigenvalue weighted by atomic mass is 9.85. The van der Waals surface area contributed by atoms with Gasteiger partial charge in [-0.25, -0.2) is 0 Å². The van der Waals surface area contributed by atoms with E-state index in [1.54, 1.807) is 0 Å². The van der Waals surface area contributed by atoms with Crippen molar-refractivity contribution in [2.24, 2.45) is 0 Å². The molecule has 0 fully saturated rings. The van der Waals surface area contributed by atoms with Crippen molar-refractivity contribution in [1.82, 2.24) is 19.9 Å². The van der Waals surface area contributed by atoms with Crippen LogP contribution < -0.4 is 19.6 Å². The zero-order valence-electron chi connectivity index (χ0n) is 42.4. The SMILES string of the molecule is c1ccc(N(c2ccccc2)c2ccc(-c3c4ccc(N(c5ccncc5)c5ccncc5)cc4c(-c4ccc(N(c5ccccc5)c5ccccc5)cc4)c4ccc(N(c5ccncc5)c5ccncc5)cc34)cc2)cc1. The second kappa shape index (κ2) is 21.3. The molecule has 0 unspecified atom stereocenters. The molecule has 0 atom stereocenters. The van der Waals surface area contributed by atoms with Crippen LogP contribution in [-0.4, -0.2) is 19.9 Å². The van der Waals surface area contributed by atoms with Gasteiger partial charge in [-0.05, 0) is 189 Å². The van der Waals surface area contributed by atoms with Gasteiger partial charge in [0, 0.05) is 118 Å². The molecule has 9 aromatic carbocycles. The largest absolute Gasteiger partial charge is 0.311 e. The summed E-state index contributed by atoms with van der Waals surface area (Å²) < 4.78 is 0. The predicted molar refractivity (Wildman–Crippen MR) is 322 cm³/mol. The molecule has 0 radical (unpaired) electrons. The zero-order chi connectivity index (χ0) is 52.0. The molecule has 0 bridgehead atoms.